The van der Waals surface area contributed by atoms with Crippen molar-refractivity contribution in [2.24, 2.45) is 0 Å². The molecule has 0 aliphatic carbocycles. The largest absolute Gasteiger partial charge is 0.467 e. The quantitative estimate of drug-likeness (QED) is 0.787. The summed E-state index contributed by atoms with van der Waals surface area (Å²) in [4.78, 5) is 22.4. The van der Waals surface area contributed by atoms with Crippen LogP contribution >= 0.6 is 0 Å². The molecule has 0 aromatic heterocycles. The number of benzene rings is 1. The van der Waals surface area contributed by atoms with Gasteiger partial charge in [0.1, 0.15) is 11.9 Å². The standard InChI is InChI=1S/C11H13FN2O3/c1-7(10(15)17-2)13-11(16)14-9-5-3-8(12)4-6-9/h3-7H,1-2H3,(H2,13,14,16). The highest BCUT2D eigenvalue weighted by atomic mass is 19.1. The topological polar surface area (TPSA) is 67.4 Å². The van der Waals surface area contributed by atoms with Gasteiger partial charge >= 0.3 is 12.0 Å². The van der Waals surface area contributed by atoms with Crippen LogP contribution in [0.25, 0.3) is 0 Å². The number of carbonyl (C=O) groups excluding carboxylic acids is 2. The minimum Gasteiger partial charge on any atom is -0.467 e. The van der Waals surface area contributed by atoms with Crippen molar-refractivity contribution in [2.45, 2.75) is 13.0 Å². The van der Waals surface area contributed by atoms with Crippen molar-refractivity contribution in [3.8, 4) is 0 Å². The maximum absolute atomic E-state index is 12.6. The summed E-state index contributed by atoms with van der Waals surface area (Å²) in [6.45, 7) is 1.50. The van der Waals surface area contributed by atoms with Crippen molar-refractivity contribution in [2.75, 3.05) is 12.4 Å². The molecule has 0 spiro atoms. The molecular formula is C11H13FN2O3. The number of hydrogen-bond acceptors (Lipinski definition) is 3. The Morgan fingerprint density at radius 2 is 1.88 bits per heavy atom. The Kier molecular flexibility index (Phi) is 4.45. The molecule has 2 amide bonds. The Morgan fingerprint density at radius 1 is 1.29 bits per heavy atom. The SMILES string of the molecule is COC(=O)C(C)NC(=O)Nc1ccc(F)cc1. The molecule has 0 radical (unpaired) electrons. The van der Waals surface area contributed by atoms with Gasteiger partial charge in [0.2, 0.25) is 0 Å². The van der Waals surface area contributed by atoms with Gasteiger partial charge in [-0.05, 0) is 31.2 Å². The molecule has 2 N–H and O–H groups in total. The molecule has 0 saturated heterocycles. The number of esters is 1. The molecule has 1 aromatic rings. The molecule has 6 heteroatoms. The summed E-state index contributed by atoms with van der Waals surface area (Å²) in [5.41, 5.74) is 0.431. The summed E-state index contributed by atoms with van der Waals surface area (Å²) >= 11 is 0. The van der Waals surface area contributed by atoms with Gasteiger partial charge in [-0.2, -0.15) is 0 Å². The van der Waals surface area contributed by atoms with Gasteiger partial charge in [-0.15, -0.1) is 0 Å². The molecule has 92 valence electrons. The number of rotatable bonds is 3. The number of anilines is 1. The van der Waals surface area contributed by atoms with Crippen LogP contribution in [0.3, 0.4) is 0 Å². The van der Waals surface area contributed by atoms with Crippen molar-refractivity contribution in [1.82, 2.24) is 5.32 Å². The average molecular weight is 240 g/mol. The highest BCUT2D eigenvalue weighted by molar-refractivity contribution is 5.92. The number of halogens is 1. The molecule has 1 rings (SSSR count). The average Bonchev–Trinajstić information content (AvgIpc) is 2.30. The van der Waals surface area contributed by atoms with Gasteiger partial charge in [0.05, 0.1) is 7.11 Å². The molecule has 0 bridgehead atoms. The fourth-order valence-electron chi connectivity index (χ4n) is 1.13. The molecule has 0 heterocycles. The third-order valence-electron chi connectivity index (χ3n) is 2.00. The highest BCUT2D eigenvalue weighted by Gasteiger charge is 2.15. The fourth-order valence-corrected chi connectivity index (χ4v) is 1.13. The van der Waals surface area contributed by atoms with Crippen molar-refractivity contribution >= 4 is 17.7 Å². The number of ether oxygens (including phenoxy) is 1. The number of amides is 2. The van der Waals surface area contributed by atoms with E-state index in [0.717, 1.165) is 0 Å². The summed E-state index contributed by atoms with van der Waals surface area (Å²) in [7, 11) is 1.23. The Balaban J connectivity index is 2.50. The van der Waals surface area contributed by atoms with Crippen LogP contribution in [0.4, 0.5) is 14.9 Å². The molecule has 0 aliphatic heterocycles. The first-order valence-electron chi connectivity index (χ1n) is 4.94. The molecule has 5 nitrogen and oxygen atoms in total. The number of urea groups is 1. The van der Waals surface area contributed by atoms with Crippen molar-refractivity contribution in [3.63, 3.8) is 0 Å². The van der Waals surface area contributed by atoms with Crippen LogP contribution in [-0.4, -0.2) is 25.2 Å². The summed E-state index contributed by atoms with van der Waals surface area (Å²) < 4.78 is 17.0. The van der Waals surface area contributed by atoms with E-state index >= 15 is 0 Å². The lowest BCUT2D eigenvalue weighted by atomic mass is 10.3. The van der Waals surface area contributed by atoms with E-state index in [1.807, 2.05) is 0 Å². The monoisotopic (exact) mass is 240 g/mol. The molecular weight excluding hydrogens is 227 g/mol. The van der Waals surface area contributed by atoms with Gasteiger partial charge in [0, 0.05) is 5.69 Å². The zero-order chi connectivity index (χ0) is 12.8. The first-order valence-corrected chi connectivity index (χ1v) is 4.94. The van der Waals surface area contributed by atoms with E-state index in [9.17, 15) is 14.0 Å². The van der Waals surface area contributed by atoms with E-state index in [2.05, 4.69) is 15.4 Å². The van der Waals surface area contributed by atoms with E-state index in [-0.39, 0.29) is 5.82 Å². The van der Waals surface area contributed by atoms with Crippen molar-refractivity contribution in [3.05, 3.63) is 30.1 Å². The van der Waals surface area contributed by atoms with Crippen molar-refractivity contribution in [1.29, 1.82) is 0 Å². The molecule has 17 heavy (non-hydrogen) atoms. The molecule has 1 atom stereocenters. The third kappa shape index (κ3) is 4.10. The van der Waals surface area contributed by atoms with E-state index in [1.54, 1.807) is 0 Å². The van der Waals surface area contributed by atoms with Crippen LogP contribution < -0.4 is 10.6 Å². The van der Waals surface area contributed by atoms with E-state index < -0.39 is 18.0 Å². The zero-order valence-electron chi connectivity index (χ0n) is 9.49. The number of methoxy groups -OCH3 is 1. The molecule has 0 saturated carbocycles. The lowest BCUT2D eigenvalue weighted by Gasteiger charge is -2.12. The van der Waals surface area contributed by atoms with Gasteiger partial charge in [-0.3, -0.25) is 0 Å². The van der Waals surface area contributed by atoms with Gasteiger partial charge in [-0.25, -0.2) is 14.0 Å². The summed E-state index contributed by atoms with van der Waals surface area (Å²) in [5.74, 6) is -0.932. The highest BCUT2D eigenvalue weighted by Crippen LogP contribution is 2.07. The third-order valence-corrected chi connectivity index (χ3v) is 2.00. The number of carbonyl (C=O) groups is 2. The predicted octanol–water partition coefficient (Wildman–Crippen LogP) is 1.51. The van der Waals surface area contributed by atoms with Crippen LogP contribution in [0, 0.1) is 5.82 Å². The molecule has 0 aliphatic rings. The molecule has 1 unspecified atom stereocenters. The first kappa shape index (κ1) is 13.0. The van der Waals surface area contributed by atoms with Crippen LogP contribution in [0.15, 0.2) is 24.3 Å². The van der Waals surface area contributed by atoms with Crippen LogP contribution in [0.5, 0.6) is 0 Å². The van der Waals surface area contributed by atoms with Gasteiger partial charge in [0.15, 0.2) is 0 Å². The fraction of sp³-hybridized carbons (Fsp3) is 0.273. The smallest absolute Gasteiger partial charge is 0.328 e. The second-order valence-corrected chi connectivity index (χ2v) is 3.35. The van der Waals surface area contributed by atoms with Crippen LogP contribution in [0.2, 0.25) is 0 Å². The number of nitrogens with one attached hydrogen (secondary N) is 2. The predicted molar refractivity (Wildman–Crippen MR) is 60.0 cm³/mol. The van der Waals surface area contributed by atoms with Gasteiger partial charge in [-0.1, -0.05) is 0 Å². The summed E-state index contributed by atoms with van der Waals surface area (Å²) in [5, 5.41) is 4.83. The maximum Gasteiger partial charge on any atom is 0.328 e. The lowest BCUT2D eigenvalue weighted by molar-refractivity contribution is -0.142. The maximum atomic E-state index is 12.6. The minimum atomic E-state index is -0.750. The van der Waals surface area contributed by atoms with Crippen LogP contribution in [-0.2, 0) is 9.53 Å². The van der Waals surface area contributed by atoms with E-state index in [4.69, 9.17) is 0 Å². The number of hydrogen-bond donors (Lipinski definition) is 2. The van der Waals surface area contributed by atoms with Crippen LogP contribution in [0.1, 0.15) is 6.92 Å². The Labute approximate surface area is 98.0 Å². The van der Waals surface area contributed by atoms with E-state index in [1.165, 1.54) is 38.3 Å². The molecule has 0 fully saturated rings. The first-order chi connectivity index (χ1) is 8.02. The normalized spacial score (nSPS) is 11.5. The van der Waals surface area contributed by atoms with Gasteiger partial charge in [0.25, 0.3) is 0 Å². The molecule has 1 aromatic carbocycles. The second-order valence-electron chi connectivity index (χ2n) is 3.35. The minimum absolute atomic E-state index is 0.390. The lowest BCUT2D eigenvalue weighted by Crippen LogP contribution is -2.41. The van der Waals surface area contributed by atoms with Gasteiger partial charge < -0.3 is 15.4 Å². The van der Waals surface area contributed by atoms with E-state index in [0.29, 0.717) is 5.69 Å². The Hall–Kier alpha value is -2.11. The summed E-state index contributed by atoms with van der Waals surface area (Å²) in [6.07, 6.45) is 0. The summed E-state index contributed by atoms with van der Waals surface area (Å²) in [6, 6.07) is 3.96. The Morgan fingerprint density at radius 3 is 2.41 bits per heavy atom. The second kappa shape index (κ2) is 5.83. The zero-order valence-corrected chi connectivity index (χ0v) is 9.49. The van der Waals surface area contributed by atoms with Crippen molar-refractivity contribution < 1.29 is 18.7 Å². The Bertz CT molecular complexity index is 406.